The van der Waals surface area contributed by atoms with E-state index in [1.165, 1.54) is 6.07 Å². The number of rotatable bonds is 8. The normalized spacial score (nSPS) is 10.6. The molecule has 0 aliphatic heterocycles. The number of amides is 1. The Morgan fingerprint density at radius 3 is 2.45 bits per heavy atom. The highest BCUT2D eigenvalue weighted by Gasteiger charge is 2.09. The third kappa shape index (κ3) is 6.00. The smallest absolute Gasteiger partial charge is 0.276 e. The lowest BCUT2D eigenvalue weighted by molar-refractivity contribution is 0.102. The van der Waals surface area contributed by atoms with Crippen LogP contribution in [-0.2, 0) is 6.42 Å². The van der Waals surface area contributed by atoms with Crippen molar-refractivity contribution >= 4 is 17.4 Å². The number of halogens is 1. The van der Waals surface area contributed by atoms with Gasteiger partial charge in [0.15, 0.2) is 5.69 Å². The first-order valence-corrected chi connectivity index (χ1v) is 9.40. The van der Waals surface area contributed by atoms with E-state index in [0.29, 0.717) is 30.0 Å². The van der Waals surface area contributed by atoms with Crippen LogP contribution in [0.4, 0.5) is 15.9 Å². The van der Waals surface area contributed by atoms with Crippen molar-refractivity contribution in [3.63, 3.8) is 0 Å². The Balaban J connectivity index is 1.51. The van der Waals surface area contributed by atoms with Crippen LogP contribution in [0.5, 0.6) is 5.75 Å². The number of ether oxygens (including phenoxy) is 1. The van der Waals surface area contributed by atoms with Gasteiger partial charge in [-0.2, -0.15) is 0 Å². The fourth-order valence-electron chi connectivity index (χ4n) is 2.66. The van der Waals surface area contributed by atoms with Crippen LogP contribution >= 0.6 is 0 Å². The Hall–Kier alpha value is -3.48. The second kappa shape index (κ2) is 9.64. The van der Waals surface area contributed by atoms with Crippen LogP contribution in [0.3, 0.4) is 0 Å². The molecule has 2 aromatic carbocycles. The highest BCUT2D eigenvalue weighted by Crippen LogP contribution is 2.17. The molecule has 0 aliphatic carbocycles. The van der Waals surface area contributed by atoms with Gasteiger partial charge in [-0.1, -0.05) is 18.2 Å². The van der Waals surface area contributed by atoms with Crippen molar-refractivity contribution in [2.45, 2.75) is 26.4 Å². The fraction of sp³-hybridized carbons (Fsp3) is 0.227. The molecule has 0 unspecified atom stereocenters. The number of hydrogen-bond donors (Lipinski definition) is 2. The van der Waals surface area contributed by atoms with Crippen LogP contribution in [0.25, 0.3) is 0 Å². The van der Waals surface area contributed by atoms with E-state index in [2.05, 4.69) is 20.8 Å². The number of anilines is 2. The summed E-state index contributed by atoms with van der Waals surface area (Å²) >= 11 is 0. The maximum absolute atomic E-state index is 13.6. The molecule has 3 aromatic rings. The zero-order valence-corrected chi connectivity index (χ0v) is 16.4. The van der Waals surface area contributed by atoms with E-state index in [9.17, 15) is 9.18 Å². The molecule has 0 spiro atoms. The number of carbonyl (C=O) groups is 1. The van der Waals surface area contributed by atoms with Crippen molar-refractivity contribution in [1.82, 2.24) is 10.2 Å². The standard InChI is InChI=1S/C22H23FN4O2/c1-15(2)29-18-9-7-17(8-10-18)25-22(28)20-11-12-21(27-26-20)24-14-13-16-5-3-4-6-19(16)23/h3-12,15H,13-14H2,1-2H3,(H,24,27)(H,25,28). The molecule has 2 N–H and O–H groups in total. The summed E-state index contributed by atoms with van der Waals surface area (Å²) in [6.45, 7) is 4.41. The zero-order valence-electron chi connectivity index (χ0n) is 16.4. The summed E-state index contributed by atoms with van der Waals surface area (Å²) in [6, 6.07) is 17.0. The minimum atomic E-state index is -0.354. The number of aromatic nitrogens is 2. The van der Waals surface area contributed by atoms with Crippen molar-refractivity contribution in [3.8, 4) is 5.75 Å². The number of benzene rings is 2. The Kier molecular flexibility index (Phi) is 6.73. The van der Waals surface area contributed by atoms with Crippen LogP contribution in [0, 0.1) is 5.82 Å². The molecule has 1 amide bonds. The molecule has 6 nitrogen and oxygen atoms in total. The molecule has 7 heteroatoms. The lowest BCUT2D eigenvalue weighted by Gasteiger charge is -2.10. The molecule has 0 saturated carbocycles. The van der Waals surface area contributed by atoms with Gasteiger partial charge in [-0.3, -0.25) is 4.79 Å². The molecule has 1 aromatic heterocycles. The SMILES string of the molecule is CC(C)Oc1ccc(NC(=O)c2ccc(NCCc3ccccc3F)nn2)cc1. The summed E-state index contributed by atoms with van der Waals surface area (Å²) in [5.74, 6) is 0.681. The van der Waals surface area contributed by atoms with Gasteiger partial charge >= 0.3 is 0 Å². The van der Waals surface area contributed by atoms with E-state index in [0.717, 1.165) is 5.75 Å². The lowest BCUT2D eigenvalue weighted by Crippen LogP contribution is -2.15. The largest absolute Gasteiger partial charge is 0.491 e. The van der Waals surface area contributed by atoms with Crippen LogP contribution < -0.4 is 15.4 Å². The molecule has 29 heavy (non-hydrogen) atoms. The highest BCUT2D eigenvalue weighted by atomic mass is 19.1. The molecular weight excluding hydrogens is 371 g/mol. The van der Waals surface area contributed by atoms with Crippen LogP contribution in [0.15, 0.2) is 60.7 Å². The first-order valence-electron chi connectivity index (χ1n) is 9.40. The first-order chi connectivity index (χ1) is 14.0. The Morgan fingerprint density at radius 1 is 1.03 bits per heavy atom. The summed E-state index contributed by atoms with van der Waals surface area (Å²) in [7, 11) is 0. The minimum absolute atomic E-state index is 0.0876. The van der Waals surface area contributed by atoms with Gasteiger partial charge in [0.2, 0.25) is 0 Å². The van der Waals surface area contributed by atoms with Crippen LogP contribution in [-0.4, -0.2) is 28.8 Å². The monoisotopic (exact) mass is 394 g/mol. The molecule has 0 fully saturated rings. The molecular formula is C22H23FN4O2. The molecule has 0 bridgehead atoms. The van der Waals surface area contributed by atoms with Crippen molar-refractivity contribution in [2.75, 3.05) is 17.2 Å². The summed E-state index contributed by atoms with van der Waals surface area (Å²) < 4.78 is 19.2. The van der Waals surface area contributed by atoms with Gasteiger partial charge in [0, 0.05) is 12.2 Å². The maximum Gasteiger partial charge on any atom is 0.276 e. The average Bonchev–Trinajstić information content (AvgIpc) is 2.71. The van der Waals surface area contributed by atoms with E-state index < -0.39 is 0 Å². The van der Waals surface area contributed by atoms with E-state index in [4.69, 9.17) is 4.74 Å². The first kappa shape index (κ1) is 20.3. The minimum Gasteiger partial charge on any atom is -0.491 e. The Morgan fingerprint density at radius 2 is 1.79 bits per heavy atom. The molecule has 3 rings (SSSR count). The van der Waals surface area contributed by atoms with Gasteiger partial charge in [-0.15, -0.1) is 10.2 Å². The van der Waals surface area contributed by atoms with E-state index >= 15 is 0 Å². The number of nitrogens with one attached hydrogen (secondary N) is 2. The predicted molar refractivity (Wildman–Crippen MR) is 111 cm³/mol. The average molecular weight is 394 g/mol. The lowest BCUT2D eigenvalue weighted by atomic mass is 10.1. The van der Waals surface area contributed by atoms with Gasteiger partial charge in [0.25, 0.3) is 5.91 Å². The van der Waals surface area contributed by atoms with Gasteiger partial charge in [0.1, 0.15) is 17.4 Å². The molecule has 150 valence electrons. The third-order valence-corrected chi connectivity index (χ3v) is 4.04. The van der Waals surface area contributed by atoms with Crippen LogP contribution in [0.2, 0.25) is 0 Å². The second-order valence-electron chi connectivity index (χ2n) is 6.72. The van der Waals surface area contributed by atoms with E-state index in [1.807, 2.05) is 13.8 Å². The zero-order chi connectivity index (χ0) is 20.6. The summed E-state index contributed by atoms with van der Waals surface area (Å²) in [6.07, 6.45) is 0.608. The molecule has 0 aliphatic rings. The third-order valence-electron chi connectivity index (χ3n) is 4.04. The van der Waals surface area contributed by atoms with Crippen molar-refractivity contribution in [1.29, 1.82) is 0 Å². The van der Waals surface area contributed by atoms with Gasteiger partial charge in [-0.25, -0.2) is 4.39 Å². The topological polar surface area (TPSA) is 76.1 Å². The number of hydrogen-bond acceptors (Lipinski definition) is 5. The van der Waals surface area contributed by atoms with Gasteiger partial charge in [-0.05, 0) is 68.3 Å². The molecule has 0 atom stereocenters. The van der Waals surface area contributed by atoms with Crippen molar-refractivity contribution < 1.29 is 13.9 Å². The number of nitrogens with zero attached hydrogens (tertiary/aromatic N) is 2. The Labute approximate surface area is 169 Å². The van der Waals surface area contributed by atoms with E-state index in [1.54, 1.807) is 54.6 Å². The van der Waals surface area contributed by atoms with Crippen LogP contribution in [0.1, 0.15) is 29.9 Å². The molecule has 1 heterocycles. The second-order valence-corrected chi connectivity index (χ2v) is 6.72. The Bertz CT molecular complexity index is 944. The number of carbonyl (C=O) groups excluding carboxylic acids is 1. The van der Waals surface area contributed by atoms with E-state index in [-0.39, 0.29) is 23.5 Å². The summed E-state index contributed by atoms with van der Waals surface area (Å²) in [5.41, 5.74) is 1.47. The van der Waals surface area contributed by atoms with Gasteiger partial charge < -0.3 is 15.4 Å². The summed E-state index contributed by atoms with van der Waals surface area (Å²) in [4.78, 5) is 12.3. The molecule has 0 radical (unpaired) electrons. The summed E-state index contributed by atoms with van der Waals surface area (Å²) in [5, 5.41) is 13.8. The fourth-order valence-corrected chi connectivity index (χ4v) is 2.66. The van der Waals surface area contributed by atoms with Gasteiger partial charge in [0.05, 0.1) is 6.10 Å². The van der Waals surface area contributed by atoms with Crippen molar-refractivity contribution in [3.05, 3.63) is 77.7 Å². The maximum atomic E-state index is 13.6. The highest BCUT2D eigenvalue weighted by molar-refractivity contribution is 6.02. The molecule has 0 saturated heterocycles. The van der Waals surface area contributed by atoms with Crippen molar-refractivity contribution in [2.24, 2.45) is 0 Å². The predicted octanol–water partition coefficient (Wildman–Crippen LogP) is 4.31. The quantitative estimate of drug-likeness (QED) is 0.595.